The highest BCUT2D eigenvalue weighted by molar-refractivity contribution is 7.50. The molecule has 0 saturated carbocycles. The largest absolute Gasteiger partial charge is 0.218 e. The number of nitrogens with zero attached hydrogens (tertiary/aromatic N) is 3. The van der Waals surface area contributed by atoms with Gasteiger partial charge in [-0.25, -0.2) is 9.67 Å². The molecule has 0 saturated heterocycles. The molecule has 18 heavy (non-hydrogen) atoms. The third-order valence-electron chi connectivity index (χ3n) is 2.92. The first-order valence-corrected chi connectivity index (χ1v) is 5.84. The van der Waals surface area contributed by atoms with Gasteiger partial charge >= 0.3 is 0 Å². The summed E-state index contributed by atoms with van der Waals surface area (Å²) in [5, 5.41) is 4.38. The van der Waals surface area contributed by atoms with Crippen LogP contribution in [0.5, 0.6) is 0 Å². The van der Waals surface area contributed by atoms with Gasteiger partial charge in [-0.05, 0) is 32.4 Å². The van der Waals surface area contributed by atoms with E-state index >= 15 is 0 Å². The minimum atomic E-state index is -0.240. The van der Waals surface area contributed by atoms with E-state index in [1.54, 1.807) is 0 Å². The molecule has 7 heteroatoms. The smallest absolute Gasteiger partial charge is 0.148 e. The third kappa shape index (κ3) is 2.40. The fraction of sp³-hybridized carbons (Fsp3) is 0.273. The average Bonchev–Trinajstić information content (AvgIpc) is 2.67. The normalized spacial score (nSPS) is 10.4. The predicted molar refractivity (Wildman–Crippen MR) is 78.2 cm³/mol. The fourth-order valence-electron chi connectivity index (χ4n) is 1.98. The molecule has 2 rings (SSSR count). The average molecular weight is 229 g/mol. The van der Waals surface area contributed by atoms with Gasteiger partial charge in [-0.3, -0.25) is 0 Å². The number of hydrogen-bond donors (Lipinski definition) is 0. The molecule has 1 aromatic heterocycles. The Kier molecular flexibility index (Phi) is 3.69. The second kappa shape index (κ2) is 5.09. The first-order chi connectivity index (χ1) is 8.52. The van der Waals surface area contributed by atoms with Crippen LogP contribution >= 0.6 is 0 Å². The van der Waals surface area contributed by atoms with Crippen molar-refractivity contribution >= 4 is 34.5 Å². The zero-order valence-corrected chi connectivity index (χ0v) is 10.9. The number of aryl methyl sites for hydroxylation is 3. The summed E-state index contributed by atoms with van der Waals surface area (Å²) in [4.78, 5) is 4.30. The first-order valence-electron chi connectivity index (χ1n) is 5.84. The molecule has 0 aliphatic heterocycles. The topological polar surface area (TPSA) is 30.7 Å². The van der Waals surface area contributed by atoms with Crippen LogP contribution in [-0.4, -0.2) is 43.8 Å². The SMILES string of the molecule is [B][B]B([B])c1ccc(-n2nc(C)nc2C)c(C)c1. The molecule has 0 N–H and O–H groups in total. The summed E-state index contributed by atoms with van der Waals surface area (Å²) < 4.78 is 1.84. The summed E-state index contributed by atoms with van der Waals surface area (Å²) >= 11 is 0. The molecule has 0 fully saturated rings. The van der Waals surface area contributed by atoms with Crippen molar-refractivity contribution in [2.45, 2.75) is 20.8 Å². The van der Waals surface area contributed by atoms with Crippen LogP contribution in [0, 0.1) is 20.8 Å². The summed E-state index contributed by atoms with van der Waals surface area (Å²) in [5.74, 6) is 1.64. The lowest BCUT2D eigenvalue weighted by atomic mass is 9.03. The maximum atomic E-state index is 5.87. The molecule has 0 spiro atoms. The van der Waals surface area contributed by atoms with Crippen LogP contribution in [0.1, 0.15) is 17.2 Å². The highest BCUT2D eigenvalue weighted by Crippen LogP contribution is 2.13. The summed E-state index contributed by atoms with van der Waals surface area (Å²) in [6.07, 6.45) is 0. The fourth-order valence-corrected chi connectivity index (χ4v) is 1.98. The molecule has 0 bridgehead atoms. The molecule has 1 heterocycles. The van der Waals surface area contributed by atoms with Gasteiger partial charge in [-0.1, -0.05) is 17.6 Å². The zero-order valence-electron chi connectivity index (χ0n) is 10.9. The Morgan fingerprint density at radius 1 is 1.28 bits per heavy atom. The molecule has 0 aliphatic carbocycles. The van der Waals surface area contributed by atoms with Gasteiger partial charge in [-0.2, -0.15) is 5.10 Å². The monoisotopic (exact) mass is 230 g/mol. The van der Waals surface area contributed by atoms with Crippen molar-refractivity contribution in [1.82, 2.24) is 14.8 Å². The minimum absolute atomic E-state index is 0.240. The lowest BCUT2D eigenvalue weighted by Crippen LogP contribution is -2.38. The van der Waals surface area contributed by atoms with Crippen LogP contribution in [0.2, 0.25) is 0 Å². The van der Waals surface area contributed by atoms with Crippen molar-refractivity contribution in [2.75, 3.05) is 0 Å². The number of hydrogen-bond acceptors (Lipinski definition) is 2. The summed E-state index contributed by atoms with van der Waals surface area (Å²) in [5.41, 5.74) is 3.10. The van der Waals surface area contributed by atoms with Gasteiger partial charge in [-0.15, -0.1) is 0 Å². The van der Waals surface area contributed by atoms with E-state index in [2.05, 4.69) is 10.1 Å². The van der Waals surface area contributed by atoms with Crippen LogP contribution in [0.3, 0.4) is 0 Å². The van der Waals surface area contributed by atoms with Crippen molar-refractivity contribution < 1.29 is 0 Å². The Balaban J connectivity index is 2.44. The molecule has 0 aliphatic rings. The van der Waals surface area contributed by atoms with E-state index in [1.165, 1.54) is 7.06 Å². The summed E-state index contributed by atoms with van der Waals surface area (Å²) in [7, 11) is 12.8. The summed E-state index contributed by atoms with van der Waals surface area (Å²) in [6.45, 7) is 5.61. The van der Waals surface area contributed by atoms with Gasteiger partial charge in [0.1, 0.15) is 11.6 Å². The van der Waals surface area contributed by atoms with Crippen LogP contribution in [0.25, 0.3) is 5.69 Å². The summed E-state index contributed by atoms with van der Waals surface area (Å²) in [6, 6.07) is 5.99. The Morgan fingerprint density at radius 2 is 2.00 bits per heavy atom. The lowest BCUT2D eigenvalue weighted by molar-refractivity contribution is 0.825. The van der Waals surface area contributed by atoms with Crippen molar-refractivity contribution in [3.63, 3.8) is 0 Å². The maximum Gasteiger partial charge on any atom is 0.148 e. The Bertz CT molecular complexity index is 567. The highest BCUT2D eigenvalue weighted by atomic mass is 15.3. The molecule has 5 radical (unpaired) electrons. The van der Waals surface area contributed by atoms with Gasteiger partial charge < -0.3 is 0 Å². The molecule has 0 amide bonds. The Hall–Kier alpha value is -1.38. The van der Waals surface area contributed by atoms with Gasteiger partial charge in [0.05, 0.1) is 12.2 Å². The highest BCUT2D eigenvalue weighted by Gasteiger charge is 2.11. The molecule has 0 atom stereocenters. The standard InChI is InChI=1S/C11H12B4N3/c1-7-6-10(15(13)14-12)4-5-11(7)18-9(3)16-8(2)17-18/h4-6H,1-3H3. The van der Waals surface area contributed by atoms with Gasteiger partial charge in [0, 0.05) is 22.5 Å². The molecule has 2 aromatic rings. The second-order valence-corrected chi connectivity index (χ2v) is 4.38. The van der Waals surface area contributed by atoms with Crippen LogP contribution in [0.15, 0.2) is 18.2 Å². The Morgan fingerprint density at radius 3 is 2.50 bits per heavy atom. The van der Waals surface area contributed by atoms with Crippen LogP contribution in [0.4, 0.5) is 0 Å². The van der Waals surface area contributed by atoms with E-state index in [1.807, 2.05) is 43.7 Å². The number of rotatable bonds is 3. The van der Waals surface area contributed by atoms with E-state index < -0.39 is 0 Å². The van der Waals surface area contributed by atoms with E-state index in [4.69, 9.17) is 15.5 Å². The lowest BCUT2D eigenvalue weighted by Gasteiger charge is -2.12. The van der Waals surface area contributed by atoms with Crippen molar-refractivity contribution in [1.29, 1.82) is 0 Å². The van der Waals surface area contributed by atoms with Crippen LogP contribution in [-0.2, 0) is 0 Å². The zero-order chi connectivity index (χ0) is 13.3. The first kappa shape index (κ1) is 13.1. The van der Waals surface area contributed by atoms with E-state index in [0.717, 1.165) is 28.4 Å². The number of benzene rings is 1. The van der Waals surface area contributed by atoms with Gasteiger partial charge in [0.25, 0.3) is 0 Å². The molecular weight excluding hydrogens is 217 g/mol. The van der Waals surface area contributed by atoms with Crippen LogP contribution < -0.4 is 5.46 Å². The minimum Gasteiger partial charge on any atom is -0.218 e. The van der Waals surface area contributed by atoms with Crippen molar-refractivity contribution in [2.24, 2.45) is 0 Å². The third-order valence-corrected chi connectivity index (χ3v) is 2.92. The number of aromatic nitrogens is 3. The second-order valence-electron chi connectivity index (χ2n) is 4.38. The molecule has 1 aromatic carbocycles. The van der Waals surface area contributed by atoms with Crippen molar-refractivity contribution in [3.8, 4) is 5.69 Å². The van der Waals surface area contributed by atoms with Crippen molar-refractivity contribution in [3.05, 3.63) is 35.4 Å². The molecule has 83 valence electrons. The molecular formula is C11H12B4N3. The van der Waals surface area contributed by atoms with E-state index in [0.29, 0.717) is 0 Å². The quantitative estimate of drug-likeness (QED) is 0.685. The van der Waals surface area contributed by atoms with E-state index in [-0.39, 0.29) is 6.49 Å². The Labute approximate surface area is 111 Å². The van der Waals surface area contributed by atoms with Gasteiger partial charge in [0.15, 0.2) is 0 Å². The van der Waals surface area contributed by atoms with E-state index in [9.17, 15) is 0 Å². The van der Waals surface area contributed by atoms with Gasteiger partial charge in [0.2, 0.25) is 0 Å². The predicted octanol–water partition coefficient (Wildman–Crippen LogP) is -0.156. The molecule has 0 unspecified atom stereocenters. The maximum absolute atomic E-state index is 5.87. The molecule has 3 nitrogen and oxygen atoms in total.